The van der Waals surface area contributed by atoms with Crippen LogP contribution >= 0.6 is 11.6 Å². The Bertz CT molecular complexity index is 509. The van der Waals surface area contributed by atoms with Crippen LogP contribution < -0.4 is 0 Å². The molecule has 5 heteroatoms. The molecule has 1 heterocycles. The smallest absolute Gasteiger partial charge is 0.410 e. The van der Waals surface area contributed by atoms with Crippen LogP contribution in [0.5, 0.6) is 0 Å². The van der Waals surface area contributed by atoms with Crippen molar-refractivity contribution in [1.82, 2.24) is 4.90 Å². The third kappa shape index (κ3) is 4.11. The lowest BCUT2D eigenvalue weighted by Gasteiger charge is -2.40. The van der Waals surface area contributed by atoms with Crippen molar-refractivity contribution in [3.8, 4) is 0 Å². The molecule has 1 aromatic rings. The SMILES string of the molecule is CC(C)(C)OC(=O)N1CCC[C@](O)(c2ccc(Cl)cc2)C1. The number of piperidine rings is 1. The van der Waals surface area contributed by atoms with E-state index in [-0.39, 0.29) is 12.6 Å². The Labute approximate surface area is 130 Å². The highest BCUT2D eigenvalue weighted by Crippen LogP contribution is 2.32. The molecular formula is C16H22ClNO3. The molecule has 1 fully saturated rings. The summed E-state index contributed by atoms with van der Waals surface area (Å²) >= 11 is 5.88. The molecule has 0 unspecified atom stereocenters. The van der Waals surface area contributed by atoms with Gasteiger partial charge in [0.1, 0.15) is 11.2 Å². The first-order chi connectivity index (χ1) is 9.70. The van der Waals surface area contributed by atoms with E-state index in [1.807, 2.05) is 20.8 Å². The Morgan fingerprint density at radius 1 is 1.33 bits per heavy atom. The highest BCUT2D eigenvalue weighted by molar-refractivity contribution is 6.30. The zero-order chi connectivity index (χ0) is 15.7. The fourth-order valence-electron chi connectivity index (χ4n) is 2.51. The molecule has 1 N–H and O–H groups in total. The Balaban J connectivity index is 2.12. The van der Waals surface area contributed by atoms with Gasteiger partial charge < -0.3 is 14.7 Å². The number of carbonyl (C=O) groups excluding carboxylic acids is 1. The fraction of sp³-hybridized carbons (Fsp3) is 0.562. The molecule has 0 spiro atoms. The van der Waals surface area contributed by atoms with Crippen LogP contribution in [-0.2, 0) is 10.3 Å². The van der Waals surface area contributed by atoms with Gasteiger partial charge >= 0.3 is 6.09 Å². The van der Waals surface area contributed by atoms with Gasteiger partial charge in [0.2, 0.25) is 0 Å². The zero-order valence-corrected chi connectivity index (χ0v) is 13.5. The summed E-state index contributed by atoms with van der Waals surface area (Å²) in [6.07, 6.45) is 0.973. The number of carbonyl (C=O) groups is 1. The summed E-state index contributed by atoms with van der Waals surface area (Å²) in [5, 5.41) is 11.5. The summed E-state index contributed by atoms with van der Waals surface area (Å²) in [6, 6.07) is 7.12. The molecule has 0 aliphatic carbocycles. The van der Waals surface area contributed by atoms with E-state index in [4.69, 9.17) is 16.3 Å². The second kappa shape index (κ2) is 5.85. The predicted octanol–water partition coefficient (Wildman–Crippen LogP) is 3.56. The van der Waals surface area contributed by atoms with E-state index in [2.05, 4.69) is 0 Å². The van der Waals surface area contributed by atoms with Crippen LogP contribution in [0.1, 0.15) is 39.2 Å². The van der Waals surface area contributed by atoms with Gasteiger partial charge in [-0.25, -0.2) is 4.79 Å². The minimum Gasteiger partial charge on any atom is -0.444 e. The highest BCUT2D eigenvalue weighted by Gasteiger charge is 2.38. The number of hydrogen-bond acceptors (Lipinski definition) is 3. The molecule has 1 aliphatic rings. The van der Waals surface area contributed by atoms with Crippen molar-refractivity contribution in [3.05, 3.63) is 34.9 Å². The quantitative estimate of drug-likeness (QED) is 0.862. The highest BCUT2D eigenvalue weighted by atomic mass is 35.5. The molecule has 4 nitrogen and oxygen atoms in total. The number of nitrogens with zero attached hydrogens (tertiary/aromatic N) is 1. The first kappa shape index (κ1) is 16.1. The maximum Gasteiger partial charge on any atom is 0.410 e. The lowest BCUT2D eigenvalue weighted by atomic mass is 9.86. The Morgan fingerprint density at radius 2 is 1.95 bits per heavy atom. The fourth-order valence-corrected chi connectivity index (χ4v) is 2.64. The molecule has 0 aromatic heterocycles. The topological polar surface area (TPSA) is 49.8 Å². The Morgan fingerprint density at radius 3 is 2.52 bits per heavy atom. The number of ether oxygens (including phenoxy) is 1. The van der Waals surface area contributed by atoms with Crippen LogP contribution in [0.2, 0.25) is 5.02 Å². The maximum absolute atomic E-state index is 12.2. The lowest BCUT2D eigenvalue weighted by Crippen LogP contribution is -2.49. The monoisotopic (exact) mass is 311 g/mol. The van der Waals surface area contributed by atoms with Crippen LogP contribution in [0.15, 0.2) is 24.3 Å². The van der Waals surface area contributed by atoms with E-state index in [1.54, 1.807) is 29.2 Å². The molecule has 0 bridgehead atoms. The number of aliphatic hydroxyl groups is 1. The number of halogens is 1. The molecule has 2 rings (SSSR count). The zero-order valence-electron chi connectivity index (χ0n) is 12.7. The summed E-state index contributed by atoms with van der Waals surface area (Å²) in [5.74, 6) is 0. The van der Waals surface area contributed by atoms with Gasteiger partial charge in [-0.05, 0) is 51.3 Å². The van der Waals surface area contributed by atoms with Crippen molar-refractivity contribution < 1.29 is 14.6 Å². The Hall–Kier alpha value is -1.26. The molecule has 0 saturated carbocycles. The van der Waals surface area contributed by atoms with Crippen molar-refractivity contribution in [1.29, 1.82) is 0 Å². The number of hydrogen-bond donors (Lipinski definition) is 1. The third-order valence-corrected chi connectivity index (χ3v) is 3.76. The standard InChI is InChI=1S/C16H22ClNO3/c1-15(2,3)21-14(19)18-10-4-9-16(20,11-18)12-5-7-13(17)8-6-12/h5-8,20H,4,9-11H2,1-3H3/t16-/m1/s1. The van der Waals surface area contributed by atoms with Crippen molar-refractivity contribution >= 4 is 17.7 Å². The summed E-state index contributed by atoms with van der Waals surface area (Å²) in [4.78, 5) is 13.7. The number of rotatable bonds is 1. The van der Waals surface area contributed by atoms with Crippen molar-refractivity contribution in [2.24, 2.45) is 0 Å². The van der Waals surface area contributed by atoms with Crippen LogP contribution in [0.3, 0.4) is 0 Å². The van der Waals surface area contributed by atoms with E-state index in [9.17, 15) is 9.90 Å². The van der Waals surface area contributed by atoms with Gasteiger partial charge in [0.25, 0.3) is 0 Å². The largest absolute Gasteiger partial charge is 0.444 e. The number of β-amino-alcohol motifs (C(OH)–C–C–N with tert-alkyl or cyclic N) is 1. The summed E-state index contributed by atoms with van der Waals surface area (Å²) in [6.45, 7) is 6.34. The van der Waals surface area contributed by atoms with Gasteiger partial charge in [-0.2, -0.15) is 0 Å². The van der Waals surface area contributed by atoms with Crippen LogP contribution in [0.4, 0.5) is 4.79 Å². The average molecular weight is 312 g/mol. The second-order valence-corrected chi connectivity index (χ2v) is 6.98. The predicted molar refractivity (Wildman–Crippen MR) is 82.4 cm³/mol. The first-order valence-electron chi connectivity index (χ1n) is 7.16. The normalized spacial score (nSPS) is 23.0. The number of amides is 1. The van der Waals surface area contributed by atoms with Crippen molar-refractivity contribution in [3.63, 3.8) is 0 Å². The van der Waals surface area contributed by atoms with Crippen LogP contribution in [-0.4, -0.2) is 34.8 Å². The van der Waals surface area contributed by atoms with E-state index < -0.39 is 11.2 Å². The number of likely N-dealkylation sites (tertiary alicyclic amines) is 1. The van der Waals surface area contributed by atoms with Gasteiger partial charge in [-0.3, -0.25) is 0 Å². The van der Waals surface area contributed by atoms with Crippen LogP contribution in [0, 0.1) is 0 Å². The molecule has 0 radical (unpaired) electrons. The second-order valence-electron chi connectivity index (χ2n) is 6.54. The summed E-state index contributed by atoms with van der Waals surface area (Å²) in [7, 11) is 0. The van der Waals surface area contributed by atoms with Crippen LogP contribution in [0.25, 0.3) is 0 Å². The molecule has 1 atom stereocenters. The summed E-state index contributed by atoms with van der Waals surface area (Å²) in [5.41, 5.74) is -0.799. The molecule has 1 aliphatic heterocycles. The molecule has 1 aromatic carbocycles. The van der Waals surface area contributed by atoms with Gasteiger partial charge in [0.05, 0.1) is 6.54 Å². The minimum absolute atomic E-state index is 0.240. The lowest BCUT2D eigenvalue weighted by molar-refractivity contribution is -0.0465. The Kier molecular flexibility index (Phi) is 4.49. The minimum atomic E-state index is -1.04. The molecular weight excluding hydrogens is 290 g/mol. The van der Waals surface area contributed by atoms with Gasteiger partial charge in [-0.15, -0.1) is 0 Å². The summed E-state index contributed by atoms with van der Waals surface area (Å²) < 4.78 is 5.38. The number of benzene rings is 1. The van der Waals surface area contributed by atoms with Gasteiger partial charge in [0.15, 0.2) is 0 Å². The van der Waals surface area contributed by atoms with Gasteiger partial charge in [0, 0.05) is 11.6 Å². The van der Waals surface area contributed by atoms with E-state index in [0.717, 1.165) is 12.0 Å². The third-order valence-electron chi connectivity index (χ3n) is 3.50. The van der Waals surface area contributed by atoms with E-state index in [0.29, 0.717) is 18.0 Å². The van der Waals surface area contributed by atoms with Crippen molar-refractivity contribution in [2.45, 2.75) is 44.8 Å². The van der Waals surface area contributed by atoms with E-state index >= 15 is 0 Å². The van der Waals surface area contributed by atoms with Crippen molar-refractivity contribution in [2.75, 3.05) is 13.1 Å². The first-order valence-corrected chi connectivity index (χ1v) is 7.54. The average Bonchev–Trinajstić information content (AvgIpc) is 2.37. The molecule has 116 valence electrons. The maximum atomic E-state index is 12.2. The molecule has 1 amide bonds. The van der Waals surface area contributed by atoms with E-state index in [1.165, 1.54) is 0 Å². The molecule has 21 heavy (non-hydrogen) atoms. The van der Waals surface area contributed by atoms with Gasteiger partial charge in [-0.1, -0.05) is 23.7 Å². The molecule has 1 saturated heterocycles.